The van der Waals surface area contributed by atoms with E-state index in [0.717, 1.165) is 10.4 Å². The number of carbonyl (C=O) groups excluding carboxylic acids is 1. The highest BCUT2D eigenvalue weighted by Gasteiger charge is 2.19. The number of carbonyl (C=O) groups is 1. The minimum atomic E-state index is -0.466. The third-order valence-electron chi connectivity index (χ3n) is 5.53. The number of imidazole rings is 1. The Morgan fingerprint density at radius 3 is 2.76 bits per heavy atom. The SMILES string of the molecule is CC(=O)c1ccc(-c2nccc3[nH]c(-c4[nH]nc5c(F)cc(-c6cncc(N)c6)cc45)nc23)s1. The number of pyridine rings is 2. The van der Waals surface area contributed by atoms with Crippen LogP contribution in [0.15, 0.2) is 55.0 Å². The number of Topliss-reactive ketones (excluding diaryl/α,β-unsaturated/α-hetero) is 1. The van der Waals surface area contributed by atoms with E-state index in [4.69, 9.17) is 10.7 Å². The average Bonchev–Trinajstić information content (AvgIpc) is 3.56. The van der Waals surface area contributed by atoms with Crippen molar-refractivity contribution < 1.29 is 9.18 Å². The molecule has 0 bridgehead atoms. The number of H-pyrrole nitrogens is 2. The lowest BCUT2D eigenvalue weighted by Crippen LogP contribution is -1.89. The quantitative estimate of drug-likeness (QED) is 0.304. The number of hydrogen-bond acceptors (Lipinski definition) is 7. The van der Waals surface area contributed by atoms with Crippen LogP contribution in [0.5, 0.6) is 0 Å². The molecule has 166 valence electrons. The van der Waals surface area contributed by atoms with Crippen LogP contribution in [0.4, 0.5) is 10.1 Å². The number of nitrogens with two attached hydrogens (primary N) is 1. The van der Waals surface area contributed by atoms with Gasteiger partial charge < -0.3 is 10.7 Å². The van der Waals surface area contributed by atoms with Gasteiger partial charge in [-0.3, -0.25) is 19.9 Å². The van der Waals surface area contributed by atoms with Crippen LogP contribution >= 0.6 is 11.3 Å². The Morgan fingerprint density at radius 2 is 1.97 bits per heavy atom. The first-order valence-electron chi connectivity index (χ1n) is 10.3. The number of aromatic nitrogens is 6. The summed E-state index contributed by atoms with van der Waals surface area (Å²) in [6.07, 6.45) is 4.85. The number of rotatable bonds is 4. The van der Waals surface area contributed by atoms with E-state index in [0.29, 0.717) is 49.8 Å². The maximum atomic E-state index is 14.9. The molecule has 4 N–H and O–H groups in total. The Labute approximate surface area is 195 Å². The summed E-state index contributed by atoms with van der Waals surface area (Å²) in [4.78, 5) is 29.9. The molecule has 0 unspecified atom stereocenters. The van der Waals surface area contributed by atoms with E-state index >= 15 is 0 Å². The van der Waals surface area contributed by atoms with Crippen LogP contribution in [-0.4, -0.2) is 35.9 Å². The molecule has 5 heterocycles. The van der Waals surface area contributed by atoms with Crippen molar-refractivity contribution >= 4 is 44.7 Å². The molecule has 0 atom stereocenters. The number of aromatic amines is 2. The molecule has 5 aromatic heterocycles. The Bertz CT molecular complexity index is 1730. The first-order valence-corrected chi connectivity index (χ1v) is 11.1. The molecule has 0 amide bonds. The number of fused-ring (bicyclic) bond motifs is 2. The maximum absolute atomic E-state index is 14.9. The van der Waals surface area contributed by atoms with E-state index < -0.39 is 5.82 Å². The molecule has 0 aliphatic heterocycles. The van der Waals surface area contributed by atoms with E-state index in [1.807, 2.05) is 18.2 Å². The lowest BCUT2D eigenvalue weighted by Gasteiger charge is -2.04. The maximum Gasteiger partial charge on any atom is 0.169 e. The Balaban J connectivity index is 1.51. The van der Waals surface area contributed by atoms with Crippen molar-refractivity contribution in [2.75, 3.05) is 5.73 Å². The molecule has 6 aromatic rings. The van der Waals surface area contributed by atoms with Crippen LogP contribution in [0.1, 0.15) is 16.6 Å². The normalized spacial score (nSPS) is 11.5. The van der Waals surface area contributed by atoms with Gasteiger partial charge in [-0.05, 0) is 48.9 Å². The molecule has 34 heavy (non-hydrogen) atoms. The van der Waals surface area contributed by atoms with Crippen molar-refractivity contribution in [1.82, 2.24) is 30.1 Å². The number of thiophene rings is 1. The van der Waals surface area contributed by atoms with Crippen LogP contribution in [0.25, 0.3) is 55.2 Å². The molecular weight excluding hydrogens is 453 g/mol. The Hall–Kier alpha value is -4.44. The zero-order valence-electron chi connectivity index (χ0n) is 17.8. The zero-order valence-corrected chi connectivity index (χ0v) is 18.6. The molecule has 0 aliphatic carbocycles. The van der Waals surface area contributed by atoms with Crippen molar-refractivity contribution in [2.24, 2.45) is 0 Å². The molecule has 0 fully saturated rings. The van der Waals surface area contributed by atoms with Crippen molar-refractivity contribution in [3.8, 4) is 33.2 Å². The minimum absolute atomic E-state index is 0.00303. The average molecular weight is 470 g/mol. The molecular formula is C24H16FN7OS. The molecule has 0 radical (unpaired) electrons. The number of nitrogens with zero attached hydrogens (tertiary/aromatic N) is 4. The van der Waals surface area contributed by atoms with Gasteiger partial charge in [0.25, 0.3) is 0 Å². The van der Waals surface area contributed by atoms with Gasteiger partial charge >= 0.3 is 0 Å². The second-order valence-corrected chi connectivity index (χ2v) is 8.90. The number of nitrogen functional groups attached to an aromatic ring is 1. The summed E-state index contributed by atoms with van der Waals surface area (Å²) in [6.45, 7) is 1.53. The number of halogens is 1. The summed E-state index contributed by atoms with van der Waals surface area (Å²) in [5.74, 6) is 0.0341. The predicted molar refractivity (Wildman–Crippen MR) is 130 cm³/mol. The number of benzene rings is 1. The molecule has 0 saturated carbocycles. The van der Waals surface area contributed by atoms with Gasteiger partial charge in [-0.25, -0.2) is 9.37 Å². The Morgan fingerprint density at radius 1 is 1.09 bits per heavy atom. The van der Waals surface area contributed by atoms with Crippen molar-refractivity contribution in [2.45, 2.75) is 6.92 Å². The van der Waals surface area contributed by atoms with Crippen LogP contribution in [0.2, 0.25) is 0 Å². The van der Waals surface area contributed by atoms with Gasteiger partial charge in [-0.2, -0.15) is 5.10 Å². The topological polar surface area (TPSA) is 126 Å². The summed E-state index contributed by atoms with van der Waals surface area (Å²) in [5.41, 5.74) is 10.5. The van der Waals surface area contributed by atoms with Crippen LogP contribution in [0.3, 0.4) is 0 Å². The summed E-state index contributed by atoms with van der Waals surface area (Å²) < 4.78 is 14.9. The third-order valence-corrected chi connectivity index (χ3v) is 6.72. The smallest absolute Gasteiger partial charge is 0.169 e. The van der Waals surface area contributed by atoms with Crippen molar-refractivity contribution in [1.29, 1.82) is 0 Å². The fraction of sp³-hybridized carbons (Fsp3) is 0.0417. The van der Waals surface area contributed by atoms with Gasteiger partial charge in [0.15, 0.2) is 17.4 Å². The zero-order chi connectivity index (χ0) is 23.4. The van der Waals surface area contributed by atoms with E-state index in [-0.39, 0.29) is 11.3 Å². The summed E-state index contributed by atoms with van der Waals surface area (Å²) >= 11 is 1.37. The van der Waals surface area contributed by atoms with Gasteiger partial charge in [0.2, 0.25) is 0 Å². The summed E-state index contributed by atoms with van der Waals surface area (Å²) in [5, 5.41) is 7.65. The molecule has 6 rings (SSSR count). The van der Waals surface area contributed by atoms with Crippen LogP contribution in [-0.2, 0) is 0 Å². The second-order valence-electron chi connectivity index (χ2n) is 7.82. The molecule has 0 saturated heterocycles. The molecule has 10 heteroatoms. The largest absolute Gasteiger partial charge is 0.397 e. The van der Waals surface area contributed by atoms with E-state index in [1.165, 1.54) is 30.5 Å². The molecule has 8 nitrogen and oxygen atoms in total. The second kappa shape index (κ2) is 7.56. The van der Waals surface area contributed by atoms with Gasteiger partial charge in [0.1, 0.15) is 22.4 Å². The predicted octanol–water partition coefficient (Wildman–Crippen LogP) is 5.22. The standard InChI is InChI=1S/C24H16FN7OS/c1-11(33)18-2-3-19(34-18)23-22-17(4-5-28-23)29-24(30-22)21-15-7-12(8-16(25)20(15)31-32-21)13-6-14(26)10-27-9-13/h2-10H,26H2,1H3,(H,29,30)(H,31,32). The van der Waals surface area contributed by atoms with Crippen molar-refractivity contribution in [3.63, 3.8) is 0 Å². The van der Waals surface area contributed by atoms with Gasteiger partial charge in [0.05, 0.1) is 21.0 Å². The number of nitrogens with one attached hydrogen (secondary N) is 2. The monoisotopic (exact) mass is 469 g/mol. The first-order chi connectivity index (χ1) is 16.5. The highest BCUT2D eigenvalue weighted by molar-refractivity contribution is 7.17. The molecule has 0 spiro atoms. The van der Waals surface area contributed by atoms with E-state index in [2.05, 4.69) is 25.1 Å². The number of ketones is 1. The number of anilines is 1. The van der Waals surface area contributed by atoms with Crippen LogP contribution in [0, 0.1) is 5.82 Å². The highest BCUT2D eigenvalue weighted by Crippen LogP contribution is 2.35. The fourth-order valence-corrected chi connectivity index (χ4v) is 4.83. The third kappa shape index (κ3) is 3.23. The first kappa shape index (κ1) is 20.2. The van der Waals surface area contributed by atoms with Gasteiger partial charge in [-0.1, -0.05) is 0 Å². The highest BCUT2D eigenvalue weighted by atomic mass is 32.1. The Kier molecular flexibility index (Phi) is 4.49. The van der Waals surface area contributed by atoms with E-state index in [1.54, 1.807) is 24.5 Å². The van der Waals surface area contributed by atoms with Crippen molar-refractivity contribution in [3.05, 3.63) is 65.7 Å². The molecule has 1 aromatic carbocycles. The van der Waals surface area contributed by atoms with Gasteiger partial charge in [-0.15, -0.1) is 11.3 Å². The lowest BCUT2D eigenvalue weighted by atomic mass is 10.0. The van der Waals surface area contributed by atoms with Gasteiger partial charge in [0, 0.05) is 29.5 Å². The number of hydrogen-bond donors (Lipinski definition) is 3. The summed E-state index contributed by atoms with van der Waals surface area (Å²) in [6, 6.07) is 10.4. The lowest BCUT2D eigenvalue weighted by molar-refractivity contribution is 0.102. The summed E-state index contributed by atoms with van der Waals surface area (Å²) in [7, 11) is 0. The fourth-order valence-electron chi connectivity index (χ4n) is 3.93. The van der Waals surface area contributed by atoms with Crippen LogP contribution < -0.4 is 5.73 Å². The molecule has 0 aliphatic rings. The minimum Gasteiger partial charge on any atom is -0.397 e. The van der Waals surface area contributed by atoms with E-state index in [9.17, 15) is 9.18 Å².